The molecule has 0 aliphatic carbocycles. The summed E-state index contributed by atoms with van der Waals surface area (Å²) in [7, 11) is 0. The number of rotatable bonds is 5. The topological polar surface area (TPSA) is 54.4 Å². The van der Waals surface area contributed by atoms with Crippen LogP contribution in [0.3, 0.4) is 0 Å². The summed E-state index contributed by atoms with van der Waals surface area (Å²) >= 11 is 0. The van der Waals surface area contributed by atoms with E-state index in [1.54, 1.807) is 26.0 Å². The second-order valence-electron chi connectivity index (χ2n) is 5.15. The van der Waals surface area contributed by atoms with E-state index >= 15 is 0 Å². The van der Waals surface area contributed by atoms with Gasteiger partial charge in [-0.05, 0) is 23.6 Å². The summed E-state index contributed by atoms with van der Waals surface area (Å²) in [6.45, 7) is 7.56. The Labute approximate surface area is 108 Å². The molecule has 0 atom stereocenters. The zero-order valence-corrected chi connectivity index (χ0v) is 11.4. The van der Waals surface area contributed by atoms with Gasteiger partial charge in [0.2, 0.25) is 0 Å². The summed E-state index contributed by atoms with van der Waals surface area (Å²) in [6, 6.07) is 4.99. The molecule has 1 rings (SSSR count). The van der Waals surface area contributed by atoms with Crippen LogP contribution >= 0.6 is 0 Å². The lowest BCUT2D eigenvalue weighted by atomic mass is 9.95. The molecule has 1 aromatic rings. The molecule has 98 valence electrons. The summed E-state index contributed by atoms with van der Waals surface area (Å²) in [5.74, 6) is -0.355. The van der Waals surface area contributed by atoms with Crippen LogP contribution in [0.4, 0.5) is 0 Å². The predicted octanol–water partition coefficient (Wildman–Crippen LogP) is 3.31. The van der Waals surface area contributed by atoms with E-state index in [1.165, 1.54) is 6.07 Å². The fourth-order valence-corrected chi connectivity index (χ4v) is 1.59. The van der Waals surface area contributed by atoms with Gasteiger partial charge in [0.1, 0.15) is 11.5 Å². The van der Waals surface area contributed by atoms with Gasteiger partial charge in [0.25, 0.3) is 0 Å². The molecule has 0 fully saturated rings. The van der Waals surface area contributed by atoms with Crippen molar-refractivity contribution < 1.29 is 14.7 Å². The molecule has 3 nitrogen and oxygen atoms in total. The first-order valence-electron chi connectivity index (χ1n) is 6.21. The van der Waals surface area contributed by atoms with Crippen LogP contribution in [-0.2, 0) is 4.79 Å². The highest BCUT2D eigenvalue weighted by atomic mass is 16.3. The SMILES string of the molecule is CC(C)C(=O)CC(=O)c1cc(C(C)C)ccc1O. The highest BCUT2D eigenvalue weighted by Crippen LogP contribution is 2.24. The quantitative estimate of drug-likeness (QED) is 0.642. The van der Waals surface area contributed by atoms with Crippen molar-refractivity contribution in [2.75, 3.05) is 0 Å². The van der Waals surface area contributed by atoms with E-state index in [1.807, 2.05) is 13.8 Å². The summed E-state index contributed by atoms with van der Waals surface area (Å²) in [4.78, 5) is 23.5. The normalized spacial score (nSPS) is 11.0. The molecule has 0 spiro atoms. The lowest BCUT2D eigenvalue weighted by molar-refractivity contribution is -0.121. The van der Waals surface area contributed by atoms with Gasteiger partial charge in [0.15, 0.2) is 5.78 Å². The van der Waals surface area contributed by atoms with Gasteiger partial charge in [0, 0.05) is 5.92 Å². The number of phenolic OH excluding ortho intramolecular Hbond substituents is 1. The van der Waals surface area contributed by atoms with Crippen molar-refractivity contribution in [3.8, 4) is 5.75 Å². The molecular weight excluding hydrogens is 228 g/mol. The second kappa shape index (κ2) is 5.80. The minimum absolute atomic E-state index is 0.0547. The number of hydrogen-bond acceptors (Lipinski definition) is 3. The molecule has 1 N–H and O–H groups in total. The molecule has 0 amide bonds. The maximum atomic E-state index is 12.0. The van der Waals surface area contributed by atoms with Crippen LogP contribution in [-0.4, -0.2) is 16.7 Å². The van der Waals surface area contributed by atoms with Gasteiger partial charge < -0.3 is 5.11 Å². The minimum atomic E-state index is -0.311. The Balaban J connectivity index is 2.98. The van der Waals surface area contributed by atoms with Gasteiger partial charge >= 0.3 is 0 Å². The third-order valence-electron chi connectivity index (χ3n) is 2.97. The van der Waals surface area contributed by atoms with Gasteiger partial charge in [-0.1, -0.05) is 33.8 Å². The van der Waals surface area contributed by atoms with Gasteiger partial charge in [-0.3, -0.25) is 9.59 Å². The van der Waals surface area contributed by atoms with Crippen molar-refractivity contribution in [3.05, 3.63) is 29.3 Å². The summed E-state index contributed by atoms with van der Waals surface area (Å²) in [6.07, 6.45) is -0.146. The zero-order valence-electron chi connectivity index (χ0n) is 11.4. The molecule has 3 heteroatoms. The Bertz CT molecular complexity index is 459. The van der Waals surface area contributed by atoms with Crippen molar-refractivity contribution >= 4 is 11.6 Å². The summed E-state index contributed by atoms with van der Waals surface area (Å²) in [5, 5.41) is 9.71. The first-order valence-corrected chi connectivity index (χ1v) is 6.21. The Kier molecular flexibility index (Phi) is 4.65. The molecule has 0 aromatic heterocycles. The maximum absolute atomic E-state index is 12.0. The highest BCUT2D eigenvalue weighted by Gasteiger charge is 2.18. The fraction of sp³-hybridized carbons (Fsp3) is 0.467. The molecule has 0 unspecified atom stereocenters. The average molecular weight is 248 g/mol. The average Bonchev–Trinajstić information content (AvgIpc) is 2.28. The number of carbonyl (C=O) groups excluding carboxylic acids is 2. The molecule has 0 heterocycles. The minimum Gasteiger partial charge on any atom is -0.507 e. The van der Waals surface area contributed by atoms with E-state index in [0.29, 0.717) is 0 Å². The third-order valence-corrected chi connectivity index (χ3v) is 2.97. The number of phenols is 1. The Hall–Kier alpha value is -1.64. The second-order valence-corrected chi connectivity index (χ2v) is 5.15. The molecule has 0 aliphatic heterocycles. The van der Waals surface area contributed by atoms with Crippen molar-refractivity contribution in [1.29, 1.82) is 0 Å². The molecule has 0 saturated carbocycles. The largest absolute Gasteiger partial charge is 0.507 e. The van der Waals surface area contributed by atoms with E-state index in [-0.39, 0.29) is 41.1 Å². The van der Waals surface area contributed by atoms with Crippen LogP contribution in [0.2, 0.25) is 0 Å². The van der Waals surface area contributed by atoms with Crippen LogP contribution < -0.4 is 0 Å². The van der Waals surface area contributed by atoms with E-state index in [4.69, 9.17) is 0 Å². The van der Waals surface area contributed by atoms with Crippen LogP contribution in [0, 0.1) is 5.92 Å². The molecule has 0 saturated heterocycles. The number of hydrogen-bond donors (Lipinski definition) is 1. The van der Waals surface area contributed by atoms with Crippen molar-refractivity contribution in [1.82, 2.24) is 0 Å². The Morgan fingerprint density at radius 3 is 2.28 bits per heavy atom. The van der Waals surface area contributed by atoms with Crippen molar-refractivity contribution in [2.45, 2.75) is 40.0 Å². The lowest BCUT2D eigenvalue weighted by Gasteiger charge is -2.10. The first-order chi connectivity index (χ1) is 8.32. The number of carbonyl (C=O) groups is 2. The molecule has 0 radical (unpaired) electrons. The Morgan fingerprint density at radius 2 is 1.78 bits per heavy atom. The highest BCUT2D eigenvalue weighted by molar-refractivity contribution is 6.09. The predicted molar refractivity (Wildman–Crippen MR) is 71.0 cm³/mol. The molecular formula is C15H20O3. The monoisotopic (exact) mass is 248 g/mol. The third kappa shape index (κ3) is 3.42. The van der Waals surface area contributed by atoms with Gasteiger partial charge in [0.05, 0.1) is 12.0 Å². The Morgan fingerprint density at radius 1 is 1.17 bits per heavy atom. The van der Waals surface area contributed by atoms with Gasteiger partial charge in [-0.2, -0.15) is 0 Å². The van der Waals surface area contributed by atoms with Crippen LogP contribution in [0.15, 0.2) is 18.2 Å². The molecule has 0 bridgehead atoms. The maximum Gasteiger partial charge on any atom is 0.173 e. The van der Waals surface area contributed by atoms with Gasteiger partial charge in [-0.25, -0.2) is 0 Å². The van der Waals surface area contributed by atoms with E-state index in [9.17, 15) is 14.7 Å². The van der Waals surface area contributed by atoms with Crippen molar-refractivity contribution in [2.24, 2.45) is 5.92 Å². The van der Waals surface area contributed by atoms with E-state index < -0.39 is 0 Å². The number of ketones is 2. The first kappa shape index (κ1) is 14.4. The zero-order chi connectivity index (χ0) is 13.9. The smallest absolute Gasteiger partial charge is 0.173 e. The van der Waals surface area contributed by atoms with E-state index in [2.05, 4.69) is 0 Å². The standard InChI is InChI=1S/C15H20O3/c1-9(2)11-5-6-13(16)12(7-11)15(18)8-14(17)10(3)4/h5-7,9-10,16H,8H2,1-4H3. The van der Waals surface area contributed by atoms with Crippen LogP contribution in [0.1, 0.15) is 56.0 Å². The fourth-order valence-electron chi connectivity index (χ4n) is 1.59. The van der Waals surface area contributed by atoms with E-state index in [0.717, 1.165) is 5.56 Å². The van der Waals surface area contributed by atoms with Crippen molar-refractivity contribution in [3.63, 3.8) is 0 Å². The van der Waals surface area contributed by atoms with Crippen LogP contribution in [0.5, 0.6) is 5.75 Å². The van der Waals surface area contributed by atoms with Crippen LogP contribution in [0.25, 0.3) is 0 Å². The summed E-state index contributed by atoms with van der Waals surface area (Å²) < 4.78 is 0. The summed E-state index contributed by atoms with van der Waals surface area (Å²) in [5.41, 5.74) is 1.23. The molecule has 1 aromatic carbocycles. The number of Topliss-reactive ketones (excluding diaryl/α,β-unsaturated/α-hetero) is 2. The number of benzene rings is 1. The van der Waals surface area contributed by atoms with Gasteiger partial charge in [-0.15, -0.1) is 0 Å². The molecule has 0 aliphatic rings. The number of aromatic hydroxyl groups is 1. The molecule has 18 heavy (non-hydrogen) atoms. The lowest BCUT2D eigenvalue weighted by Crippen LogP contribution is -2.13.